The summed E-state index contributed by atoms with van der Waals surface area (Å²) in [4.78, 5) is 8.02. The molecule has 1 rings (SSSR count). The van der Waals surface area contributed by atoms with E-state index >= 15 is 0 Å². The monoisotopic (exact) mass is 283 g/mol. The van der Waals surface area contributed by atoms with Crippen LogP contribution in [-0.4, -0.2) is 31.0 Å². The highest BCUT2D eigenvalue weighted by atomic mass is 28.4. The van der Waals surface area contributed by atoms with Gasteiger partial charge >= 0.3 is 6.01 Å². The van der Waals surface area contributed by atoms with Gasteiger partial charge in [0.05, 0.1) is 24.7 Å². The lowest BCUT2D eigenvalue weighted by Crippen LogP contribution is -2.43. The van der Waals surface area contributed by atoms with E-state index in [-0.39, 0.29) is 11.1 Å². The Labute approximate surface area is 116 Å². The summed E-state index contributed by atoms with van der Waals surface area (Å²) < 4.78 is 11.7. The van der Waals surface area contributed by atoms with E-state index in [4.69, 9.17) is 14.9 Å². The number of nitrogen functional groups attached to an aromatic ring is 1. The third-order valence-corrected chi connectivity index (χ3v) is 7.94. The summed E-state index contributed by atoms with van der Waals surface area (Å²) in [5.74, 6) is 0. The molecule has 0 fully saturated rings. The summed E-state index contributed by atoms with van der Waals surface area (Å²) in [6, 6.07) is 0.334. The average Bonchev–Trinajstić information content (AvgIpc) is 2.28. The van der Waals surface area contributed by atoms with Crippen LogP contribution in [0.25, 0.3) is 0 Å². The molecule has 1 atom stereocenters. The van der Waals surface area contributed by atoms with Crippen molar-refractivity contribution in [3.63, 3.8) is 0 Å². The van der Waals surface area contributed by atoms with Gasteiger partial charge in [0, 0.05) is 0 Å². The van der Waals surface area contributed by atoms with Crippen LogP contribution in [-0.2, 0) is 4.43 Å². The van der Waals surface area contributed by atoms with Crippen molar-refractivity contribution in [2.75, 3.05) is 12.3 Å². The molecule has 0 radical (unpaired) electrons. The zero-order valence-electron chi connectivity index (χ0n) is 12.7. The zero-order valence-corrected chi connectivity index (χ0v) is 13.7. The van der Waals surface area contributed by atoms with Gasteiger partial charge in [-0.05, 0) is 25.1 Å². The quantitative estimate of drug-likeness (QED) is 0.841. The minimum atomic E-state index is -1.73. The number of aromatic nitrogens is 2. The lowest BCUT2D eigenvalue weighted by Gasteiger charge is -2.36. The standard InChI is InChI=1S/C13H25N3O2Si/c1-10(9-17-19(5,6)13(2,3)4)18-12-15-7-11(14)8-16-12/h7-8,10H,9,14H2,1-6H3. The van der Waals surface area contributed by atoms with Gasteiger partial charge in [-0.15, -0.1) is 0 Å². The molecule has 19 heavy (non-hydrogen) atoms. The van der Waals surface area contributed by atoms with Gasteiger partial charge in [0.15, 0.2) is 8.32 Å². The molecule has 0 aromatic carbocycles. The first kappa shape index (κ1) is 15.9. The molecule has 2 N–H and O–H groups in total. The Kier molecular flexibility index (Phi) is 4.92. The average molecular weight is 283 g/mol. The van der Waals surface area contributed by atoms with Gasteiger partial charge in [-0.2, -0.15) is 0 Å². The van der Waals surface area contributed by atoms with Crippen LogP contribution >= 0.6 is 0 Å². The number of nitrogens with zero attached hydrogens (tertiary/aromatic N) is 2. The summed E-state index contributed by atoms with van der Waals surface area (Å²) in [5, 5.41) is 0.199. The van der Waals surface area contributed by atoms with E-state index in [1.165, 1.54) is 12.4 Å². The van der Waals surface area contributed by atoms with Crippen molar-refractivity contribution in [1.82, 2.24) is 9.97 Å². The van der Waals surface area contributed by atoms with Gasteiger partial charge in [0.1, 0.15) is 6.10 Å². The molecule has 1 aromatic rings. The van der Waals surface area contributed by atoms with Gasteiger partial charge < -0.3 is 14.9 Å². The Morgan fingerprint density at radius 2 is 1.79 bits per heavy atom. The van der Waals surface area contributed by atoms with Gasteiger partial charge in [0.2, 0.25) is 0 Å². The van der Waals surface area contributed by atoms with Crippen LogP contribution in [0.1, 0.15) is 27.7 Å². The number of ether oxygens (including phenoxy) is 1. The summed E-state index contributed by atoms with van der Waals surface area (Å²) in [6.07, 6.45) is 2.98. The highest BCUT2D eigenvalue weighted by molar-refractivity contribution is 6.74. The van der Waals surface area contributed by atoms with Crippen LogP contribution < -0.4 is 10.5 Å². The van der Waals surface area contributed by atoms with E-state index in [0.29, 0.717) is 18.3 Å². The maximum absolute atomic E-state index is 6.09. The highest BCUT2D eigenvalue weighted by Gasteiger charge is 2.37. The number of anilines is 1. The number of nitrogens with two attached hydrogens (primary N) is 1. The Balaban J connectivity index is 2.48. The molecule has 1 aromatic heterocycles. The molecule has 0 saturated carbocycles. The Morgan fingerprint density at radius 1 is 1.26 bits per heavy atom. The molecular formula is C13H25N3O2Si. The largest absolute Gasteiger partial charge is 0.458 e. The van der Waals surface area contributed by atoms with Gasteiger partial charge in [-0.3, -0.25) is 0 Å². The SMILES string of the molecule is CC(CO[Si](C)(C)C(C)(C)C)Oc1ncc(N)cn1. The first-order chi connectivity index (χ1) is 8.62. The van der Waals surface area contributed by atoms with Crippen LogP contribution in [0.3, 0.4) is 0 Å². The van der Waals surface area contributed by atoms with Gasteiger partial charge in [-0.1, -0.05) is 20.8 Å². The van der Waals surface area contributed by atoms with Crippen LogP contribution in [0.4, 0.5) is 5.69 Å². The molecule has 0 aliphatic heterocycles. The minimum Gasteiger partial charge on any atom is -0.458 e. The van der Waals surface area contributed by atoms with E-state index in [1.54, 1.807) is 0 Å². The molecule has 0 aliphatic carbocycles. The van der Waals surface area contributed by atoms with E-state index in [9.17, 15) is 0 Å². The fraction of sp³-hybridized carbons (Fsp3) is 0.692. The molecule has 6 heteroatoms. The van der Waals surface area contributed by atoms with Gasteiger partial charge in [0.25, 0.3) is 0 Å². The molecule has 108 valence electrons. The predicted octanol–water partition coefficient (Wildman–Crippen LogP) is 2.85. The Hall–Kier alpha value is -1.14. The molecule has 1 heterocycles. The van der Waals surface area contributed by atoms with Gasteiger partial charge in [-0.25, -0.2) is 9.97 Å². The number of hydrogen-bond acceptors (Lipinski definition) is 5. The van der Waals surface area contributed by atoms with Crippen molar-refractivity contribution in [3.05, 3.63) is 12.4 Å². The van der Waals surface area contributed by atoms with Crippen LogP contribution in [0.2, 0.25) is 18.1 Å². The third kappa shape index (κ3) is 4.79. The van der Waals surface area contributed by atoms with Crippen molar-refractivity contribution in [3.8, 4) is 6.01 Å². The van der Waals surface area contributed by atoms with Crippen LogP contribution in [0, 0.1) is 0 Å². The van der Waals surface area contributed by atoms with E-state index < -0.39 is 8.32 Å². The Bertz CT molecular complexity index is 401. The highest BCUT2D eigenvalue weighted by Crippen LogP contribution is 2.36. The fourth-order valence-corrected chi connectivity index (χ4v) is 2.23. The molecule has 5 nitrogen and oxygen atoms in total. The normalized spacial score (nSPS) is 14.2. The molecule has 0 aliphatic rings. The van der Waals surface area contributed by atoms with E-state index in [1.807, 2.05) is 6.92 Å². The maximum atomic E-state index is 6.09. The summed E-state index contributed by atoms with van der Waals surface area (Å²) >= 11 is 0. The second-order valence-electron chi connectivity index (χ2n) is 6.30. The molecule has 0 spiro atoms. The van der Waals surface area contributed by atoms with Crippen molar-refractivity contribution >= 4 is 14.0 Å². The number of rotatable bonds is 5. The topological polar surface area (TPSA) is 70.3 Å². The minimum absolute atomic E-state index is 0.0854. The second-order valence-corrected chi connectivity index (χ2v) is 11.1. The predicted molar refractivity (Wildman–Crippen MR) is 79.7 cm³/mol. The molecular weight excluding hydrogens is 258 g/mol. The molecule has 1 unspecified atom stereocenters. The first-order valence-corrected chi connectivity index (χ1v) is 9.41. The van der Waals surface area contributed by atoms with Crippen molar-refractivity contribution in [2.24, 2.45) is 0 Å². The lowest BCUT2D eigenvalue weighted by atomic mass is 10.2. The van der Waals surface area contributed by atoms with Crippen LogP contribution in [0.5, 0.6) is 6.01 Å². The maximum Gasteiger partial charge on any atom is 0.316 e. The van der Waals surface area contributed by atoms with E-state index in [0.717, 1.165) is 0 Å². The smallest absolute Gasteiger partial charge is 0.316 e. The summed E-state index contributed by atoms with van der Waals surface area (Å²) in [6.45, 7) is 13.6. The number of hydrogen-bond donors (Lipinski definition) is 1. The summed E-state index contributed by atoms with van der Waals surface area (Å²) in [5.41, 5.74) is 6.05. The lowest BCUT2D eigenvalue weighted by molar-refractivity contribution is 0.124. The zero-order chi connectivity index (χ0) is 14.7. The fourth-order valence-electron chi connectivity index (χ4n) is 1.14. The second kappa shape index (κ2) is 5.88. The first-order valence-electron chi connectivity index (χ1n) is 6.50. The summed E-state index contributed by atoms with van der Waals surface area (Å²) in [7, 11) is -1.73. The molecule has 0 bridgehead atoms. The van der Waals surface area contributed by atoms with E-state index in [2.05, 4.69) is 43.8 Å². The van der Waals surface area contributed by atoms with Crippen molar-refractivity contribution in [1.29, 1.82) is 0 Å². The van der Waals surface area contributed by atoms with Crippen molar-refractivity contribution < 1.29 is 9.16 Å². The molecule has 0 saturated heterocycles. The van der Waals surface area contributed by atoms with Crippen molar-refractivity contribution in [2.45, 2.75) is 51.9 Å². The molecule has 0 amide bonds. The Morgan fingerprint density at radius 3 is 2.26 bits per heavy atom. The van der Waals surface area contributed by atoms with Crippen LogP contribution in [0.15, 0.2) is 12.4 Å². The third-order valence-electron chi connectivity index (χ3n) is 3.44.